The highest BCUT2D eigenvalue weighted by atomic mass is 35.5. The van der Waals surface area contributed by atoms with Gasteiger partial charge >= 0.3 is 11.9 Å². The third-order valence-electron chi connectivity index (χ3n) is 1.73. The van der Waals surface area contributed by atoms with Gasteiger partial charge in [-0.15, -0.1) is 12.4 Å². The molecule has 3 N–H and O–H groups in total. The quantitative estimate of drug-likeness (QED) is 0.510. The fourth-order valence-corrected chi connectivity index (χ4v) is 0.846. The van der Waals surface area contributed by atoms with Crippen LogP contribution >= 0.6 is 12.4 Å². The van der Waals surface area contributed by atoms with Crippen molar-refractivity contribution in [1.29, 1.82) is 0 Å². The van der Waals surface area contributed by atoms with Crippen LogP contribution in [0.4, 0.5) is 0 Å². The van der Waals surface area contributed by atoms with E-state index in [-0.39, 0.29) is 25.0 Å². The average Bonchev–Trinajstić information content (AvgIpc) is 2.14. The van der Waals surface area contributed by atoms with Crippen molar-refractivity contribution < 1.29 is 19.4 Å². The van der Waals surface area contributed by atoms with Crippen LogP contribution in [0.25, 0.3) is 0 Å². The van der Waals surface area contributed by atoms with E-state index in [9.17, 15) is 9.59 Å². The highest BCUT2D eigenvalue weighted by Crippen LogP contribution is 2.00. The lowest BCUT2D eigenvalue weighted by Crippen LogP contribution is -2.35. The molecule has 90 valence electrons. The van der Waals surface area contributed by atoms with Crippen molar-refractivity contribution in [2.24, 2.45) is 5.73 Å². The number of ether oxygens (including phenoxy) is 1. The Kier molecular flexibility index (Phi) is 10.8. The smallest absolute Gasteiger partial charge is 0.324 e. The monoisotopic (exact) mass is 239 g/mol. The van der Waals surface area contributed by atoms with Gasteiger partial charge in [0.15, 0.2) is 0 Å². The predicted molar refractivity (Wildman–Crippen MR) is 58.0 cm³/mol. The molecule has 0 aromatic carbocycles. The van der Waals surface area contributed by atoms with Crippen LogP contribution in [0.15, 0.2) is 0 Å². The third kappa shape index (κ3) is 9.49. The Morgan fingerprint density at radius 3 is 2.47 bits per heavy atom. The molecule has 15 heavy (non-hydrogen) atoms. The highest BCUT2D eigenvalue weighted by Gasteiger charge is 2.13. The van der Waals surface area contributed by atoms with Crippen molar-refractivity contribution in [1.82, 2.24) is 0 Å². The number of rotatable bonds is 7. The van der Waals surface area contributed by atoms with Gasteiger partial charge in [0.25, 0.3) is 0 Å². The average molecular weight is 240 g/mol. The van der Waals surface area contributed by atoms with E-state index in [0.717, 1.165) is 19.3 Å². The van der Waals surface area contributed by atoms with Gasteiger partial charge in [-0.2, -0.15) is 0 Å². The van der Waals surface area contributed by atoms with E-state index >= 15 is 0 Å². The van der Waals surface area contributed by atoms with Gasteiger partial charge in [0, 0.05) is 6.42 Å². The maximum atomic E-state index is 11.0. The van der Waals surface area contributed by atoms with E-state index in [1.54, 1.807) is 0 Å². The molecule has 0 saturated heterocycles. The third-order valence-corrected chi connectivity index (χ3v) is 1.73. The summed E-state index contributed by atoms with van der Waals surface area (Å²) in [5.74, 6) is -1.54. The van der Waals surface area contributed by atoms with Crippen LogP contribution in [0.1, 0.15) is 32.6 Å². The summed E-state index contributed by atoms with van der Waals surface area (Å²) in [5, 5.41) is 8.39. The van der Waals surface area contributed by atoms with Crippen molar-refractivity contribution in [2.45, 2.75) is 38.6 Å². The lowest BCUT2D eigenvalue weighted by atomic mass is 10.2. The number of carboxylic acids is 1. The number of carbonyl (C=O) groups excluding carboxylic acids is 1. The van der Waals surface area contributed by atoms with Crippen LogP contribution in [-0.4, -0.2) is 29.7 Å². The Morgan fingerprint density at radius 2 is 2.00 bits per heavy atom. The molecule has 0 aliphatic heterocycles. The van der Waals surface area contributed by atoms with E-state index in [4.69, 9.17) is 10.8 Å². The summed E-state index contributed by atoms with van der Waals surface area (Å²) in [4.78, 5) is 21.2. The molecule has 0 heterocycles. The van der Waals surface area contributed by atoms with E-state index in [1.165, 1.54) is 0 Å². The lowest BCUT2D eigenvalue weighted by molar-refractivity contribution is -0.147. The number of hydrogen-bond acceptors (Lipinski definition) is 4. The number of unbranched alkanes of at least 4 members (excludes halogenated alkanes) is 2. The minimum atomic E-state index is -1.16. The molecule has 0 unspecified atom stereocenters. The van der Waals surface area contributed by atoms with E-state index in [1.807, 2.05) is 6.92 Å². The Balaban J connectivity index is 0. The number of esters is 1. The second-order valence-corrected chi connectivity index (χ2v) is 3.08. The summed E-state index contributed by atoms with van der Waals surface area (Å²) in [6, 6.07) is -1.12. The maximum absolute atomic E-state index is 11.0. The maximum Gasteiger partial charge on any atom is 0.324 e. The minimum Gasteiger partial charge on any atom is -0.480 e. The van der Waals surface area contributed by atoms with Gasteiger partial charge in [-0.25, -0.2) is 0 Å². The van der Waals surface area contributed by atoms with Gasteiger partial charge < -0.3 is 15.6 Å². The zero-order valence-electron chi connectivity index (χ0n) is 8.77. The second-order valence-electron chi connectivity index (χ2n) is 3.08. The van der Waals surface area contributed by atoms with Gasteiger partial charge in [0.05, 0.1) is 0 Å². The molecule has 0 radical (unpaired) electrons. The van der Waals surface area contributed by atoms with Gasteiger partial charge in [0.2, 0.25) is 0 Å². The molecule has 0 spiro atoms. The standard InChI is InChI=1S/C9H17NO4.ClH/c1-2-3-4-5-8(11)14-6-7(10)9(12)13;/h7H,2-6,10H2,1H3,(H,12,13);1H/t7-;/m0./s1. The van der Waals surface area contributed by atoms with Crippen LogP contribution in [0.2, 0.25) is 0 Å². The summed E-state index contributed by atoms with van der Waals surface area (Å²) in [6.07, 6.45) is 3.11. The number of aliphatic carboxylic acids is 1. The largest absolute Gasteiger partial charge is 0.480 e. The van der Waals surface area contributed by atoms with Gasteiger partial charge in [-0.1, -0.05) is 19.8 Å². The molecule has 0 aromatic rings. The minimum absolute atomic E-state index is 0. The first-order chi connectivity index (χ1) is 6.57. The summed E-state index contributed by atoms with van der Waals surface area (Å²) >= 11 is 0. The number of carbonyl (C=O) groups is 2. The molecule has 0 bridgehead atoms. The second kappa shape index (κ2) is 9.73. The fourth-order valence-electron chi connectivity index (χ4n) is 0.846. The molecule has 0 aromatic heterocycles. The number of nitrogens with two attached hydrogens (primary N) is 1. The molecule has 0 aliphatic carbocycles. The zero-order chi connectivity index (χ0) is 11.0. The molecule has 6 heteroatoms. The van der Waals surface area contributed by atoms with Crippen molar-refractivity contribution in [3.05, 3.63) is 0 Å². The molecular formula is C9H18ClNO4. The summed E-state index contributed by atoms with van der Waals surface area (Å²) in [6.45, 7) is 1.78. The highest BCUT2D eigenvalue weighted by molar-refractivity contribution is 5.85. The Hall–Kier alpha value is -0.810. The van der Waals surface area contributed by atoms with Crippen LogP contribution < -0.4 is 5.73 Å². The first-order valence-corrected chi connectivity index (χ1v) is 4.72. The van der Waals surface area contributed by atoms with Crippen LogP contribution in [0.5, 0.6) is 0 Å². The lowest BCUT2D eigenvalue weighted by Gasteiger charge is -2.07. The zero-order valence-corrected chi connectivity index (χ0v) is 9.59. The normalized spacial score (nSPS) is 11.3. The van der Waals surface area contributed by atoms with Crippen LogP contribution in [0.3, 0.4) is 0 Å². The number of halogens is 1. The fraction of sp³-hybridized carbons (Fsp3) is 0.778. The molecule has 0 aliphatic rings. The molecule has 0 amide bonds. The molecule has 0 saturated carbocycles. The molecular weight excluding hydrogens is 222 g/mol. The van der Waals surface area contributed by atoms with E-state index in [2.05, 4.69) is 4.74 Å². The van der Waals surface area contributed by atoms with Gasteiger partial charge in [-0.3, -0.25) is 9.59 Å². The van der Waals surface area contributed by atoms with Crippen molar-refractivity contribution in [3.63, 3.8) is 0 Å². The van der Waals surface area contributed by atoms with Crippen molar-refractivity contribution >= 4 is 24.3 Å². The van der Waals surface area contributed by atoms with Crippen molar-refractivity contribution in [3.8, 4) is 0 Å². The number of carboxylic acid groups (broad SMARTS) is 1. The molecule has 0 fully saturated rings. The topological polar surface area (TPSA) is 89.6 Å². The van der Waals surface area contributed by atoms with Gasteiger partial charge in [-0.05, 0) is 6.42 Å². The summed E-state index contributed by atoms with van der Waals surface area (Å²) < 4.78 is 4.67. The molecule has 1 atom stereocenters. The summed E-state index contributed by atoms with van der Waals surface area (Å²) in [5.41, 5.74) is 5.14. The molecule has 5 nitrogen and oxygen atoms in total. The van der Waals surface area contributed by atoms with Crippen LogP contribution in [-0.2, 0) is 14.3 Å². The van der Waals surface area contributed by atoms with Crippen molar-refractivity contribution in [2.75, 3.05) is 6.61 Å². The number of hydrogen-bond donors (Lipinski definition) is 2. The summed E-state index contributed by atoms with van der Waals surface area (Å²) in [7, 11) is 0. The Morgan fingerprint density at radius 1 is 1.40 bits per heavy atom. The Bertz CT molecular complexity index is 199. The predicted octanol–water partition coefficient (Wildman–Crippen LogP) is 0.944. The Labute approximate surface area is 95.4 Å². The SMILES string of the molecule is CCCCCC(=O)OC[C@H](N)C(=O)O.Cl. The van der Waals surface area contributed by atoms with Crippen LogP contribution in [0, 0.1) is 0 Å². The van der Waals surface area contributed by atoms with Gasteiger partial charge in [0.1, 0.15) is 12.6 Å². The molecule has 0 rings (SSSR count). The first kappa shape index (κ1) is 16.6. The first-order valence-electron chi connectivity index (χ1n) is 4.72. The van der Waals surface area contributed by atoms with E-state index < -0.39 is 12.0 Å². The van der Waals surface area contributed by atoms with E-state index in [0.29, 0.717) is 6.42 Å².